The van der Waals surface area contributed by atoms with Gasteiger partial charge in [0.15, 0.2) is 0 Å². The molecule has 0 atom stereocenters. The van der Waals surface area contributed by atoms with Gasteiger partial charge in [-0.2, -0.15) is 0 Å². The molecule has 0 bridgehead atoms. The third-order valence-corrected chi connectivity index (χ3v) is 2.46. The summed E-state index contributed by atoms with van der Waals surface area (Å²) in [5.74, 6) is 0.668. The predicted octanol–water partition coefficient (Wildman–Crippen LogP) is 2.42. The van der Waals surface area contributed by atoms with Crippen LogP contribution in [-0.2, 0) is 6.54 Å². The molecule has 2 aromatic heterocycles. The molecule has 0 saturated heterocycles. The Morgan fingerprint density at radius 1 is 1.42 bits per heavy atom. The molecule has 100 valence electrons. The Kier molecular flexibility index (Phi) is 4.18. The molecule has 5 nitrogen and oxygen atoms in total. The zero-order chi connectivity index (χ0) is 13.7. The minimum absolute atomic E-state index is 0.0917. The molecule has 19 heavy (non-hydrogen) atoms. The second-order valence-corrected chi connectivity index (χ2v) is 4.49. The molecule has 2 heterocycles. The first-order valence-corrected chi connectivity index (χ1v) is 6.18. The van der Waals surface area contributed by atoms with Gasteiger partial charge in [0.2, 0.25) is 0 Å². The van der Waals surface area contributed by atoms with Crippen LogP contribution in [0.1, 0.15) is 30.1 Å². The van der Waals surface area contributed by atoms with Gasteiger partial charge >= 0.3 is 0 Å². The zero-order valence-electron chi connectivity index (χ0n) is 11.0. The number of nitrogens with zero attached hydrogens (tertiary/aromatic N) is 1. The Balaban J connectivity index is 2.00. The van der Waals surface area contributed by atoms with Crippen molar-refractivity contribution in [3.8, 4) is 0 Å². The third-order valence-electron chi connectivity index (χ3n) is 2.46. The summed E-state index contributed by atoms with van der Waals surface area (Å²) in [5.41, 5.74) is 1.23. The number of furan rings is 1. The molecule has 5 heteroatoms. The zero-order valence-corrected chi connectivity index (χ0v) is 11.0. The number of rotatable bonds is 5. The van der Waals surface area contributed by atoms with E-state index in [1.165, 1.54) is 0 Å². The Morgan fingerprint density at radius 2 is 2.26 bits per heavy atom. The Hall–Kier alpha value is -2.30. The quantitative estimate of drug-likeness (QED) is 0.865. The molecule has 0 aliphatic heterocycles. The first kappa shape index (κ1) is 13.1. The van der Waals surface area contributed by atoms with E-state index in [1.807, 2.05) is 32.0 Å². The van der Waals surface area contributed by atoms with Crippen molar-refractivity contribution in [2.75, 3.05) is 5.32 Å². The summed E-state index contributed by atoms with van der Waals surface area (Å²) in [4.78, 5) is 15.9. The summed E-state index contributed by atoms with van der Waals surface area (Å²) >= 11 is 0. The summed E-state index contributed by atoms with van der Waals surface area (Å²) in [6.45, 7) is 4.40. The summed E-state index contributed by atoms with van der Waals surface area (Å²) < 4.78 is 5.23. The van der Waals surface area contributed by atoms with Crippen LogP contribution in [0.5, 0.6) is 0 Å². The Morgan fingerprint density at radius 3 is 2.95 bits per heavy atom. The van der Waals surface area contributed by atoms with Crippen LogP contribution < -0.4 is 10.6 Å². The topological polar surface area (TPSA) is 67.2 Å². The van der Waals surface area contributed by atoms with Gasteiger partial charge in [-0.3, -0.25) is 9.78 Å². The van der Waals surface area contributed by atoms with Crippen molar-refractivity contribution in [2.24, 2.45) is 0 Å². The van der Waals surface area contributed by atoms with E-state index >= 15 is 0 Å². The largest absolute Gasteiger partial charge is 0.467 e. The molecule has 0 spiro atoms. The molecule has 0 unspecified atom stereocenters. The van der Waals surface area contributed by atoms with E-state index in [2.05, 4.69) is 15.6 Å². The highest BCUT2D eigenvalue weighted by atomic mass is 16.3. The number of anilines is 1. The lowest BCUT2D eigenvalue weighted by Gasteiger charge is -2.09. The number of nitrogens with one attached hydrogen (secondary N) is 2. The van der Waals surface area contributed by atoms with Gasteiger partial charge in [-0.05, 0) is 38.1 Å². The fourth-order valence-corrected chi connectivity index (χ4v) is 1.60. The van der Waals surface area contributed by atoms with Crippen molar-refractivity contribution >= 4 is 11.6 Å². The van der Waals surface area contributed by atoms with Crippen LogP contribution in [0.25, 0.3) is 0 Å². The number of hydrogen-bond acceptors (Lipinski definition) is 4. The van der Waals surface area contributed by atoms with E-state index in [0.29, 0.717) is 12.2 Å². The molecule has 0 aliphatic rings. The van der Waals surface area contributed by atoms with Crippen LogP contribution in [0, 0.1) is 0 Å². The Bertz CT molecular complexity index is 535. The summed E-state index contributed by atoms with van der Waals surface area (Å²) in [7, 11) is 0. The third kappa shape index (κ3) is 3.84. The van der Waals surface area contributed by atoms with Crippen LogP contribution >= 0.6 is 0 Å². The summed E-state index contributed by atoms with van der Waals surface area (Å²) in [6.07, 6.45) is 3.24. The molecule has 2 aromatic rings. The molecular weight excluding hydrogens is 242 g/mol. The number of hydrogen-bond donors (Lipinski definition) is 2. The van der Waals surface area contributed by atoms with Crippen molar-refractivity contribution in [1.29, 1.82) is 0 Å². The predicted molar refractivity (Wildman–Crippen MR) is 72.9 cm³/mol. The normalized spacial score (nSPS) is 10.5. The van der Waals surface area contributed by atoms with Crippen LogP contribution in [0.4, 0.5) is 5.69 Å². The molecule has 2 N–H and O–H groups in total. The van der Waals surface area contributed by atoms with E-state index in [9.17, 15) is 4.79 Å². The lowest BCUT2D eigenvalue weighted by Crippen LogP contribution is -2.30. The average Bonchev–Trinajstić information content (AvgIpc) is 2.89. The Labute approximate surface area is 112 Å². The van der Waals surface area contributed by atoms with Gasteiger partial charge in [-0.15, -0.1) is 0 Å². The van der Waals surface area contributed by atoms with Crippen LogP contribution in [0.15, 0.2) is 41.1 Å². The van der Waals surface area contributed by atoms with Crippen molar-refractivity contribution < 1.29 is 9.21 Å². The van der Waals surface area contributed by atoms with Crippen molar-refractivity contribution in [3.63, 3.8) is 0 Å². The highest BCUT2D eigenvalue weighted by molar-refractivity contribution is 5.93. The van der Waals surface area contributed by atoms with E-state index in [-0.39, 0.29) is 11.9 Å². The smallest absolute Gasteiger partial charge is 0.270 e. The van der Waals surface area contributed by atoms with Crippen molar-refractivity contribution in [1.82, 2.24) is 10.3 Å². The summed E-state index contributed by atoms with van der Waals surface area (Å²) in [5, 5.41) is 5.99. The lowest BCUT2D eigenvalue weighted by molar-refractivity contribution is 0.0938. The van der Waals surface area contributed by atoms with Crippen molar-refractivity contribution in [2.45, 2.75) is 26.4 Å². The monoisotopic (exact) mass is 259 g/mol. The van der Waals surface area contributed by atoms with Gasteiger partial charge in [0.25, 0.3) is 5.91 Å². The number of pyridine rings is 1. The molecule has 1 amide bonds. The van der Waals surface area contributed by atoms with Crippen molar-refractivity contribution in [3.05, 3.63) is 48.2 Å². The molecule has 0 saturated carbocycles. The minimum Gasteiger partial charge on any atom is -0.467 e. The lowest BCUT2D eigenvalue weighted by atomic mass is 10.2. The first-order chi connectivity index (χ1) is 9.15. The minimum atomic E-state index is -0.170. The van der Waals surface area contributed by atoms with Gasteiger partial charge in [0, 0.05) is 17.9 Å². The SMILES string of the molecule is CC(C)NC(=O)c1cc(NCc2ccco2)ccn1. The molecule has 2 rings (SSSR count). The fraction of sp³-hybridized carbons (Fsp3) is 0.286. The maximum absolute atomic E-state index is 11.8. The van der Waals surface area contributed by atoms with Gasteiger partial charge in [-0.1, -0.05) is 0 Å². The van der Waals surface area contributed by atoms with Crippen LogP contribution in [-0.4, -0.2) is 16.9 Å². The van der Waals surface area contributed by atoms with Gasteiger partial charge < -0.3 is 15.1 Å². The van der Waals surface area contributed by atoms with E-state index in [1.54, 1.807) is 18.5 Å². The standard InChI is InChI=1S/C14H17N3O2/c1-10(2)17-14(18)13-8-11(5-6-15-13)16-9-12-4-3-7-19-12/h3-8,10H,9H2,1-2H3,(H,15,16)(H,17,18). The maximum atomic E-state index is 11.8. The number of aromatic nitrogens is 1. The van der Waals surface area contributed by atoms with Crippen LogP contribution in [0.2, 0.25) is 0 Å². The van der Waals surface area contributed by atoms with Crippen LogP contribution in [0.3, 0.4) is 0 Å². The second kappa shape index (κ2) is 6.04. The molecule has 0 radical (unpaired) electrons. The van der Waals surface area contributed by atoms with E-state index in [0.717, 1.165) is 11.4 Å². The number of carbonyl (C=O) groups is 1. The van der Waals surface area contributed by atoms with Gasteiger partial charge in [0.1, 0.15) is 11.5 Å². The summed E-state index contributed by atoms with van der Waals surface area (Å²) in [6, 6.07) is 7.36. The second-order valence-electron chi connectivity index (χ2n) is 4.49. The number of amides is 1. The molecule has 0 aliphatic carbocycles. The maximum Gasteiger partial charge on any atom is 0.270 e. The number of carbonyl (C=O) groups excluding carboxylic acids is 1. The molecule has 0 fully saturated rings. The fourth-order valence-electron chi connectivity index (χ4n) is 1.60. The van der Waals surface area contributed by atoms with Gasteiger partial charge in [0.05, 0.1) is 12.8 Å². The first-order valence-electron chi connectivity index (χ1n) is 6.18. The van der Waals surface area contributed by atoms with Gasteiger partial charge in [-0.25, -0.2) is 0 Å². The average molecular weight is 259 g/mol. The molecular formula is C14H17N3O2. The van der Waals surface area contributed by atoms with E-state index < -0.39 is 0 Å². The molecule has 0 aromatic carbocycles. The highest BCUT2D eigenvalue weighted by Crippen LogP contribution is 2.10. The highest BCUT2D eigenvalue weighted by Gasteiger charge is 2.08. The van der Waals surface area contributed by atoms with E-state index in [4.69, 9.17) is 4.42 Å².